The Labute approximate surface area is 148 Å². The third-order valence-electron chi connectivity index (χ3n) is 6.04. The fraction of sp³-hybridized carbons (Fsp3) is 0.950. The lowest BCUT2D eigenvalue weighted by molar-refractivity contribution is 0.0665. The number of nitrogens with one attached hydrogen (secondary N) is 1. The van der Waals surface area contributed by atoms with Gasteiger partial charge in [-0.15, -0.1) is 0 Å². The van der Waals surface area contributed by atoms with Gasteiger partial charge in [0, 0.05) is 19.0 Å². The summed E-state index contributed by atoms with van der Waals surface area (Å²) in [6, 6.07) is 0.286. The highest BCUT2D eigenvalue weighted by Gasteiger charge is 2.29. The van der Waals surface area contributed by atoms with Crippen molar-refractivity contribution < 1.29 is 9.90 Å². The van der Waals surface area contributed by atoms with Crippen LogP contribution in [0.25, 0.3) is 0 Å². The van der Waals surface area contributed by atoms with Crippen LogP contribution in [-0.4, -0.2) is 34.9 Å². The number of carbonyl (C=O) groups is 1. The van der Waals surface area contributed by atoms with Gasteiger partial charge >= 0.3 is 6.03 Å². The SMILES string of the molecule is CC(C)(C)C1CCCCCC(N2CCC(O)NC2=O)CCCCC1. The molecule has 0 aromatic carbocycles. The second kappa shape index (κ2) is 9.07. The van der Waals surface area contributed by atoms with Crippen LogP contribution in [0, 0.1) is 11.3 Å². The van der Waals surface area contributed by atoms with Crippen molar-refractivity contribution in [1.29, 1.82) is 0 Å². The van der Waals surface area contributed by atoms with Gasteiger partial charge in [0.25, 0.3) is 0 Å². The monoisotopic (exact) mass is 338 g/mol. The maximum Gasteiger partial charge on any atom is 0.319 e. The molecule has 1 aliphatic heterocycles. The number of aliphatic hydroxyl groups is 1. The average Bonchev–Trinajstić information content (AvgIpc) is 2.47. The van der Waals surface area contributed by atoms with E-state index in [9.17, 15) is 9.90 Å². The molecule has 2 fully saturated rings. The second-order valence-electron chi connectivity index (χ2n) is 8.94. The van der Waals surface area contributed by atoms with Crippen LogP contribution >= 0.6 is 0 Å². The molecule has 1 heterocycles. The summed E-state index contributed by atoms with van der Waals surface area (Å²) in [5.41, 5.74) is 0.430. The van der Waals surface area contributed by atoms with Crippen molar-refractivity contribution in [2.75, 3.05) is 6.54 Å². The van der Waals surface area contributed by atoms with E-state index >= 15 is 0 Å². The second-order valence-corrected chi connectivity index (χ2v) is 8.94. The number of rotatable bonds is 1. The molecule has 1 aliphatic carbocycles. The summed E-state index contributed by atoms with van der Waals surface area (Å²) in [4.78, 5) is 14.2. The first-order chi connectivity index (χ1) is 11.4. The average molecular weight is 339 g/mol. The van der Waals surface area contributed by atoms with Gasteiger partial charge in [0.15, 0.2) is 0 Å². The van der Waals surface area contributed by atoms with Crippen molar-refractivity contribution >= 4 is 6.03 Å². The third-order valence-corrected chi connectivity index (χ3v) is 6.04. The maximum absolute atomic E-state index is 12.2. The van der Waals surface area contributed by atoms with E-state index in [2.05, 4.69) is 26.1 Å². The standard InChI is InChI=1S/C20H38N2O2/c1-20(2,3)16-10-6-4-8-12-17(13-9-5-7-11-16)22-15-14-18(23)21-19(22)24/h16-18,23H,4-15H2,1-3H3,(H,21,24). The lowest BCUT2D eigenvalue weighted by Gasteiger charge is -2.37. The minimum atomic E-state index is -0.658. The molecule has 0 aromatic rings. The van der Waals surface area contributed by atoms with E-state index in [-0.39, 0.29) is 6.03 Å². The summed E-state index contributed by atoms with van der Waals surface area (Å²) in [6.07, 6.45) is 12.6. The van der Waals surface area contributed by atoms with Gasteiger partial charge < -0.3 is 15.3 Å². The highest BCUT2D eigenvalue weighted by atomic mass is 16.3. The fourth-order valence-corrected chi connectivity index (χ4v) is 4.37. The van der Waals surface area contributed by atoms with Crippen molar-refractivity contribution in [2.45, 2.75) is 104 Å². The molecule has 1 saturated heterocycles. The van der Waals surface area contributed by atoms with E-state index in [1.807, 2.05) is 4.90 Å². The van der Waals surface area contributed by atoms with E-state index in [1.54, 1.807) is 0 Å². The highest BCUT2D eigenvalue weighted by Crippen LogP contribution is 2.35. The van der Waals surface area contributed by atoms with Crippen LogP contribution in [0.15, 0.2) is 0 Å². The molecule has 2 amide bonds. The summed E-state index contributed by atoms with van der Waals surface area (Å²) in [5, 5.41) is 12.3. The Bertz CT molecular complexity index is 378. The fourth-order valence-electron chi connectivity index (χ4n) is 4.37. The van der Waals surface area contributed by atoms with E-state index < -0.39 is 6.23 Å². The number of hydrogen-bond acceptors (Lipinski definition) is 2. The van der Waals surface area contributed by atoms with Crippen molar-refractivity contribution in [3.8, 4) is 0 Å². The van der Waals surface area contributed by atoms with Crippen molar-refractivity contribution in [1.82, 2.24) is 10.2 Å². The molecule has 0 spiro atoms. The Morgan fingerprint density at radius 3 is 1.96 bits per heavy atom. The number of hydrogen-bond donors (Lipinski definition) is 2. The zero-order valence-electron chi connectivity index (χ0n) is 16.0. The molecule has 0 aromatic heterocycles. The van der Waals surface area contributed by atoms with Crippen LogP contribution in [0.4, 0.5) is 4.79 Å². The van der Waals surface area contributed by atoms with Crippen molar-refractivity contribution in [3.05, 3.63) is 0 Å². The zero-order chi connectivity index (χ0) is 17.6. The van der Waals surface area contributed by atoms with Crippen molar-refractivity contribution in [3.63, 3.8) is 0 Å². The Morgan fingerprint density at radius 2 is 1.46 bits per heavy atom. The smallest absolute Gasteiger partial charge is 0.319 e. The zero-order valence-corrected chi connectivity index (χ0v) is 16.0. The first-order valence-electron chi connectivity index (χ1n) is 10.1. The molecule has 2 N–H and O–H groups in total. The predicted octanol–water partition coefficient (Wildman–Crippen LogP) is 4.67. The van der Waals surface area contributed by atoms with Crippen LogP contribution in [-0.2, 0) is 0 Å². The highest BCUT2D eigenvalue weighted by molar-refractivity contribution is 5.75. The van der Waals surface area contributed by atoms with Crippen LogP contribution in [0.5, 0.6) is 0 Å². The Morgan fingerprint density at radius 1 is 0.917 bits per heavy atom. The summed E-state index contributed by atoms with van der Waals surface area (Å²) in [5.74, 6) is 0.849. The number of urea groups is 1. The molecular formula is C20H38N2O2. The summed E-state index contributed by atoms with van der Waals surface area (Å²) in [6.45, 7) is 7.87. The number of amides is 2. The molecule has 0 bridgehead atoms. The number of carbonyl (C=O) groups excluding carboxylic acids is 1. The largest absolute Gasteiger partial charge is 0.374 e. The van der Waals surface area contributed by atoms with E-state index in [0.29, 0.717) is 24.4 Å². The minimum Gasteiger partial charge on any atom is -0.374 e. The molecule has 1 atom stereocenters. The number of aliphatic hydroxyl groups excluding tert-OH is 1. The van der Waals surface area contributed by atoms with E-state index in [0.717, 1.165) is 18.8 Å². The molecule has 1 unspecified atom stereocenters. The molecular weight excluding hydrogens is 300 g/mol. The normalized spacial score (nSPS) is 31.8. The van der Waals surface area contributed by atoms with Gasteiger partial charge in [-0.3, -0.25) is 0 Å². The number of nitrogens with zero attached hydrogens (tertiary/aromatic N) is 1. The first kappa shape index (κ1) is 19.6. The Balaban J connectivity index is 1.87. The van der Waals surface area contributed by atoms with E-state index in [1.165, 1.54) is 51.4 Å². The molecule has 24 heavy (non-hydrogen) atoms. The van der Waals surface area contributed by atoms with Crippen LogP contribution in [0.2, 0.25) is 0 Å². The van der Waals surface area contributed by atoms with Crippen LogP contribution in [0.1, 0.15) is 91.4 Å². The third kappa shape index (κ3) is 5.94. The Hall–Kier alpha value is -0.770. The first-order valence-corrected chi connectivity index (χ1v) is 10.1. The minimum absolute atomic E-state index is 0.0707. The summed E-state index contributed by atoms with van der Waals surface area (Å²) >= 11 is 0. The van der Waals surface area contributed by atoms with Crippen LogP contribution < -0.4 is 5.32 Å². The Kier molecular flexibility index (Phi) is 7.39. The lowest BCUT2D eigenvalue weighted by atomic mass is 9.75. The van der Waals surface area contributed by atoms with Gasteiger partial charge in [-0.2, -0.15) is 0 Å². The summed E-state index contributed by atoms with van der Waals surface area (Å²) in [7, 11) is 0. The topological polar surface area (TPSA) is 52.6 Å². The summed E-state index contributed by atoms with van der Waals surface area (Å²) < 4.78 is 0. The van der Waals surface area contributed by atoms with Gasteiger partial charge in [0.05, 0.1) is 0 Å². The van der Waals surface area contributed by atoms with Gasteiger partial charge in [0.2, 0.25) is 0 Å². The van der Waals surface area contributed by atoms with Gasteiger partial charge in [-0.25, -0.2) is 4.79 Å². The molecule has 4 heteroatoms. The lowest BCUT2D eigenvalue weighted by Crippen LogP contribution is -2.55. The molecule has 4 nitrogen and oxygen atoms in total. The van der Waals surface area contributed by atoms with Gasteiger partial charge in [-0.05, 0) is 37.0 Å². The molecule has 2 rings (SSSR count). The van der Waals surface area contributed by atoms with Gasteiger partial charge in [0.1, 0.15) is 6.23 Å². The quantitative estimate of drug-likeness (QED) is 0.730. The molecule has 2 aliphatic rings. The maximum atomic E-state index is 12.2. The predicted molar refractivity (Wildman–Crippen MR) is 98.8 cm³/mol. The van der Waals surface area contributed by atoms with Crippen LogP contribution in [0.3, 0.4) is 0 Å². The molecule has 0 radical (unpaired) electrons. The van der Waals surface area contributed by atoms with Gasteiger partial charge in [-0.1, -0.05) is 59.3 Å². The molecule has 140 valence electrons. The molecule has 1 saturated carbocycles. The van der Waals surface area contributed by atoms with Crippen molar-refractivity contribution in [2.24, 2.45) is 11.3 Å². The van der Waals surface area contributed by atoms with E-state index in [4.69, 9.17) is 0 Å².